The van der Waals surface area contributed by atoms with Crippen molar-refractivity contribution in [2.75, 3.05) is 0 Å². The molecule has 0 bridgehead atoms. The first-order chi connectivity index (χ1) is 49.9. The Morgan fingerprint density at radius 2 is 0.598 bits per heavy atom. The molecule has 1 fully saturated rings. The average molecular weight is 1390 g/mol. The third-order valence-electron chi connectivity index (χ3n) is 19.1. The van der Waals surface area contributed by atoms with Crippen LogP contribution < -0.4 is 5.46 Å². The van der Waals surface area contributed by atoms with Crippen LogP contribution in [0, 0.1) is 0 Å². The van der Waals surface area contributed by atoms with Crippen LogP contribution in [0.3, 0.4) is 0 Å². The number of oxazole rings is 2. The Labute approximate surface area is 596 Å². The summed E-state index contributed by atoms with van der Waals surface area (Å²) in [6.45, 7) is 8.19. The Hall–Kier alpha value is -12.2. The van der Waals surface area contributed by atoms with Crippen LogP contribution in [0.2, 0.25) is 0 Å². The summed E-state index contributed by atoms with van der Waals surface area (Å²) < 4.78 is 37.3. The van der Waals surface area contributed by atoms with Crippen molar-refractivity contribution >= 4 is 93.8 Å². The summed E-state index contributed by atoms with van der Waals surface area (Å²) in [5.74, 6) is 3.19. The molecular formula is C88H62BBrN6O6. The highest BCUT2D eigenvalue weighted by molar-refractivity contribution is 9.10. The van der Waals surface area contributed by atoms with Gasteiger partial charge in [0.15, 0.2) is 11.2 Å². The van der Waals surface area contributed by atoms with Crippen LogP contribution in [0.1, 0.15) is 27.7 Å². The molecule has 0 amide bonds. The Morgan fingerprint density at radius 1 is 0.275 bits per heavy atom. The molecule has 0 unspecified atom stereocenters. The van der Waals surface area contributed by atoms with Crippen molar-refractivity contribution in [1.29, 1.82) is 0 Å². The standard InChI is InChI=1S/C41H25N3O2.C27H16BrNO.C20H21BN2O3/c1-2-10-27(11-3-1)40-43-44-41(46-40)28-20-18-26(19-21-28)31-23-32(25-33(24-31)39-42-36-16-8-9-17-37(36)45-39)38-34-14-6-4-12-29(34)22-30-13-5-7-15-35(30)38;28-21-15-19(14-20(16-21)27-29-24-11-5-6-12-25(24)30-27)26-22-9-3-1-7-17(22)13-18-8-2-4-10-23(18)26;1-19(2)20(3,4)26-21(25-19)16-12-10-15(11-13-16)18-23-22-17(24-18)14-8-6-5-7-9-14/h1-25H;1-16H;5-13H,1-4H3. The van der Waals surface area contributed by atoms with E-state index in [4.69, 9.17) is 36.9 Å². The molecule has 0 saturated carbocycles. The summed E-state index contributed by atoms with van der Waals surface area (Å²) in [5, 5.41) is 26.6. The number of aromatic nitrogens is 6. The number of hydrogen-bond acceptors (Lipinski definition) is 12. The van der Waals surface area contributed by atoms with E-state index >= 15 is 0 Å². The van der Waals surface area contributed by atoms with Gasteiger partial charge in [-0.25, -0.2) is 9.97 Å². The minimum absolute atomic E-state index is 0.354. The van der Waals surface area contributed by atoms with E-state index in [1.807, 2.05) is 173 Å². The van der Waals surface area contributed by atoms with E-state index in [2.05, 4.69) is 194 Å². The van der Waals surface area contributed by atoms with E-state index < -0.39 is 0 Å². The fourth-order valence-electron chi connectivity index (χ4n) is 13.2. The number of rotatable bonds is 10. The van der Waals surface area contributed by atoms with E-state index in [1.54, 1.807) is 0 Å². The maximum atomic E-state index is 6.29. The molecule has 14 heteroatoms. The van der Waals surface area contributed by atoms with Gasteiger partial charge in [-0.05, 0) is 231 Å². The number of benzene rings is 14. The molecule has 1 aliphatic rings. The van der Waals surface area contributed by atoms with Gasteiger partial charge in [-0.3, -0.25) is 0 Å². The molecule has 14 aromatic carbocycles. The third kappa shape index (κ3) is 12.4. The number of nitrogens with zero attached hydrogens (tertiary/aromatic N) is 6. The van der Waals surface area contributed by atoms with Gasteiger partial charge in [-0.15, -0.1) is 20.4 Å². The topological polar surface area (TPSA) is 148 Å². The van der Waals surface area contributed by atoms with Gasteiger partial charge in [-0.2, -0.15) is 0 Å². The number of hydrogen-bond donors (Lipinski definition) is 0. The predicted molar refractivity (Wildman–Crippen MR) is 413 cm³/mol. The highest BCUT2D eigenvalue weighted by Crippen LogP contribution is 2.44. The molecule has 0 atom stereocenters. The fraction of sp³-hybridized carbons (Fsp3) is 0.0682. The van der Waals surface area contributed by atoms with E-state index in [1.165, 1.54) is 54.2 Å². The Bertz CT molecular complexity index is 5940. The first kappa shape index (κ1) is 63.3. The van der Waals surface area contributed by atoms with Crippen LogP contribution in [0.15, 0.2) is 325 Å². The first-order valence-electron chi connectivity index (χ1n) is 33.7. The molecule has 0 N–H and O–H groups in total. The molecule has 490 valence electrons. The Morgan fingerprint density at radius 3 is 1.03 bits per heavy atom. The van der Waals surface area contributed by atoms with Crippen LogP contribution in [0.25, 0.3) is 167 Å². The molecule has 4 aromatic heterocycles. The van der Waals surface area contributed by atoms with E-state index in [0.717, 1.165) is 87.8 Å². The molecule has 0 radical (unpaired) electrons. The number of para-hydroxylation sites is 4. The lowest BCUT2D eigenvalue weighted by atomic mass is 9.79. The lowest BCUT2D eigenvalue weighted by Crippen LogP contribution is -2.41. The smallest absolute Gasteiger partial charge is 0.436 e. The summed E-state index contributed by atoms with van der Waals surface area (Å²) in [4.78, 5) is 9.56. The maximum absolute atomic E-state index is 6.29. The molecule has 0 spiro atoms. The summed E-state index contributed by atoms with van der Waals surface area (Å²) in [6, 6.07) is 103. The van der Waals surface area contributed by atoms with E-state index in [0.29, 0.717) is 35.3 Å². The van der Waals surface area contributed by atoms with Crippen molar-refractivity contribution in [1.82, 2.24) is 30.4 Å². The molecule has 19 rings (SSSR count). The van der Waals surface area contributed by atoms with Crippen molar-refractivity contribution in [2.45, 2.75) is 38.9 Å². The number of halogens is 1. The van der Waals surface area contributed by atoms with Gasteiger partial charge in [0.1, 0.15) is 11.0 Å². The van der Waals surface area contributed by atoms with Crippen LogP contribution in [0.5, 0.6) is 0 Å². The second-order valence-electron chi connectivity index (χ2n) is 26.2. The Balaban J connectivity index is 0.000000120. The summed E-state index contributed by atoms with van der Waals surface area (Å²) >= 11 is 3.71. The molecule has 1 aliphatic heterocycles. The minimum atomic E-state index is -0.378. The largest absolute Gasteiger partial charge is 0.494 e. The second kappa shape index (κ2) is 26.5. The molecule has 12 nitrogen and oxygen atoms in total. The summed E-state index contributed by atoms with van der Waals surface area (Å²) in [6.07, 6.45) is 0. The van der Waals surface area contributed by atoms with Crippen molar-refractivity contribution in [3.8, 4) is 102 Å². The lowest BCUT2D eigenvalue weighted by molar-refractivity contribution is 0.00578. The highest BCUT2D eigenvalue weighted by atomic mass is 79.9. The van der Waals surface area contributed by atoms with Gasteiger partial charge >= 0.3 is 7.12 Å². The van der Waals surface area contributed by atoms with Crippen molar-refractivity contribution < 1.29 is 27.0 Å². The minimum Gasteiger partial charge on any atom is -0.436 e. The number of fused-ring (bicyclic) bond motifs is 6. The lowest BCUT2D eigenvalue weighted by Gasteiger charge is -2.32. The van der Waals surface area contributed by atoms with Crippen molar-refractivity contribution in [3.05, 3.63) is 308 Å². The second-order valence-corrected chi connectivity index (χ2v) is 27.1. The van der Waals surface area contributed by atoms with Gasteiger partial charge in [0.2, 0.25) is 35.3 Å². The molecule has 5 heterocycles. The zero-order chi connectivity index (χ0) is 68.9. The predicted octanol–water partition coefficient (Wildman–Crippen LogP) is 22.8. The van der Waals surface area contributed by atoms with Gasteiger partial charge < -0.3 is 27.0 Å². The zero-order valence-corrected chi connectivity index (χ0v) is 57.5. The van der Waals surface area contributed by atoms with Crippen LogP contribution in [-0.4, -0.2) is 48.7 Å². The molecule has 0 aliphatic carbocycles. The average Bonchev–Trinajstić information content (AvgIpc) is 1.18. The normalized spacial score (nSPS) is 13.2. The molecular weight excluding hydrogens is 1330 g/mol. The van der Waals surface area contributed by atoms with Crippen LogP contribution in [-0.2, 0) is 9.31 Å². The quantitative estimate of drug-likeness (QED) is 0.0948. The van der Waals surface area contributed by atoms with Gasteiger partial charge in [0.25, 0.3) is 0 Å². The Kier molecular flexibility index (Phi) is 16.4. The third-order valence-corrected chi connectivity index (χ3v) is 19.5. The van der Waals surface area contributed by atoms with Crippen molar-refractivity contribution in [3.63, 3.8) is 0 Å². The van der Waals surface area contributed by atoms with Gasteiger partial charge in [0, 0.05) is 37.9 Å². The van der Waals surface area contributed by atoms with E-state index in [-0.39, 0.29) is 18.3 Å². The zero-order valence-electron chi connectivity index (χ0n) is 56.0. The van der Waals surface area contributed by atoms with Crippen LogP contribution >= 0.6 is 15.9 Å². The summed E-state index contributed by atoms with van der Waals surface area (Å²) in [5.41, 5.74) is 15.6. The van der Waals surface area contributed by atoms with Gasteiger partial charge in [-0.1, -0.05) is 198 Å². The van der Waals surface area contributed by atoms with E-state index in [9.17, 15) is 0 Å². The molecule has 18 aromatic rings. The van der Waals surface area contributed by atoms with Crippen LogP contribution in [0.4, 0.5) is 0 Å². The SMILES string of the molecule is Brc1cc(-c2nc3ccccc3o2)cc(-c2c3ccccc3cc3ccccc23)c1.CC1(C)OB(c2ccc(-c3nnc(-c4ccccc4)o3)cc2)OC1(C)C.c1ccc(-c2nnc(-c3ccc(-c4cc(-c5nc6ccccc6o5)cc(-c5c6ccccc6cc6ccccc56)c4)cc3)o2)cc1. The maximum Gasteiger partial charge on any atom is 0.494 e. The monoisotopic (exact) mass is 1390 g/mol. The van der Waals surface area contributed by atoms with Gasteiger partial charge in [0.05, 0.1) is 11.2 Å². The fourth-order valence-corrected chi connectivity index (χ4v) is 13.7. The highest BCUT2D eigenvalue weighted by Gasteiger charge is 2.51. The summed E-state index contributed by atoms with van der Waals surface area (Å²) in [7, 11) is -0.378. The molecule has 102 heavy (non-hydrogen) atoms. The first-order valence-corrected chi connectivity index (χ1v) is 34.5. The van der Waals surface area contributed by atoms with Crippen molar-refractivity contribution in [2.24, 2.45) is 0 Å². The molecule has 1 saturated heterocycles.